The number of hydrogen-bond acceptors (Lipinski definition) is 3. The van der Waals surface area contributed by atoms with Crippen molar-refractivity contribution in [1.82, 2.24) is 4.31 Å². The van der Waals surface area contributed by atoms with Crippen molar-refractivity contribution in [3.8, 4) is 0 Å². The lowest BCUT2D eigenvalue weighted by Gasteiger charge is -2.48. The van der Waals surface area contributed by atoms with Gasteiger partial charge in [0.25, 0.3) is 0 Å². The maximum Gasteiger partial charge on any atom is 0.0461 e. The molecular weight excluding hydrogens is 314 g/mol. The van der Waals surface area contributed by atoms with Crippen LogP contribution in [-0.2, 0) is 0 Å². The van der Waals surface area contributed by atoms with Crippen molar-refractivity contribution in [2.45, 2.75) is 45.1 Å². The topological polar surface area (TPSA) is 18.8 Å². The van der Waals surface area contributed by atoms with Gasteiger partial charge >= 0.3 is 0 Å². The Hall–Kier alpha value is -1.13. The molecule has 1 aliphatic carbocycles. The van der Waals surface area contributed by atoms with Crippen LogP contribution in [-0.4, -0.2) is 54.9 Å². The minimum absolute atomic E-state index is 0.0727. The van der Waals surface area contributed by atoms with E-state index in [2.05, 4.69) is 59.2 Å². The lowest BCUT2D eigenvalue weighted by atomic mass is 9.96. The van der Waals surface area contributed by atoms with Gasteiger partial charge in [-0.05, 0) is 63.0 Å². The van der Waals surface area contributed by atoms with Gasteiger partial charge in [0.2, 0.25) is 0 Å². The standard InChI is InChI=1S/C20H31N3S/c1-15-11-17(16-7-8-16)12-19(18(15)13-21-4)22-9-10-23(24(5)6)20(2,3)14-22/h11-13,16H,5,7-10,14H2,1-4,6H3. The van der Waals surface area contributed by atoms with Crippen LogP contribution < -0.4 is 4.90 Å². The SMILES string of the molecule is C=S(C)N1CCN(c2cc(C3CC3)cc(C)c2C=NC)CC1(C)C. The Morgan fingerprint density at radius 1 is 1.29 bits per heavy atom. The van der Waals surface area contributed by atoms with Crippen molar-refractivity contribution in [1.29, 1.82) is 0 Å². The molecule has 0 radical (unpaired) electrons. The zero-order chi connectivity index (χ0) is 17.5. The highest BCUT2D eigenvalue weighted by atomic mass is 32.2. The Kier molecular flexibility index (Phi) is 4.89. The van der Waals surface area contributed by atoms with Crippen LogP contribution in [0, 0.1) is 6.92 Å². The summed E-state index contributed by atoms with van der Waals surface area (Å²) in [7, 11) is 1.94. The molecule has 1 aliphatic heterocycles. The van der Waals surface area contributed by atoms with Crippen LogP contribution in [0.4, 0.5) is 5.69 Å². The zero-order valence-electron chi connectivity index (χ0n) is 15.8. The summed E-state index contributed by atoms with van der Waals surface area (Å²) in [6.07, 6.45) is 6.95. The monoisotopic (exact) mass is 345 g/mol. The van der Waals surface area contributed by atoms with Gasteiger partial charge in [0, 0.05) is 49.7 Å². The summed E-state index contributed by atoms with van der Waals surface area (Å²) in [6.45, 7) is 10.1. The van der Waals surface area contributed by atoms with E-state index in [-0.39, 0.29) is 16.2 Å². The minimum atomic E-state index is 0.0727. The molecule has 1 saturated heterocycles. The van der Waals surface area contributed by atoms with Gasteiger partial charge in [-0.3, -0.25) is 4.99 Å². The third-order valence-electron chi connectivity index (χ3n) is 5.24. The molecule has 2 fully saturated rings. The molecule has 0 bridgehead atoms. The first-order valence-corrected chi connectivity index (χ1v) is 10.6. The van der Waals surface area contributed by atoms with Crippen LogP contribution in [0.1, 0.15) is 49.3 Å². The minimum Gasteiger partial charge on any atom is -0.368 e. The van der Waals surface area contributed by atoms with Gasteiger partial charge in [0.1, 0.15) is 0 Å². The second-order valence-electron chi connectivity index (χ2n) is 7.87. The molecule has 1 aromatic carbocycles. The quantitative estimate of drug-likeness (QED) is 0.605. The first kappa shape index (κ1) is 17.7. The first-order valence-electron chi connectivity index (χ1n) is 8.88. The smallest absolute Gasteiger partial charge is 0.0461 e. The highest BCUT2D eigenvalue weighted by Crippen LogP contribution is 2.43. The van der Waals surface area contributed by atoms with Gasteiger partial charge in [-0.2, -0.15) is 0 Å². The number of nitrogens with zero attached hydrogens (tertiary/aromatic N) is 3. The van der Waals surface area contributed by atoms with Crippen molar-refractivity contribution < 1.29 is 0 Å². The van der Waals surface area contributed by atoms with Crippen LogP contribution in [0.25, 0.3) is 0 Å². The Labute approximate surface area is 149 Å². The normalized spacial score (nSPS) is 23.0. The van der Waals surface area contributed by atoms with Crippen LogP contribution in [0.15, 0.2) is 17.1 Å². The van der Waals surface area contributed by atoms with Crippen molar-refractivity contribution in [3.05, 3.63) is 28.8 Å². The molecule has 1 saturated carbocycles. The number of benzene rings is 1. The fourth-order valence-corrected chi connectivity index (χ4v) is 5.24. The van der Waals surface area contributed by atoms with E-state index < -0.39 is 0 Å². The Morgan fingerprint density at radius 3 is 2.54 bits per heavy atom. The summed E-state index contributed by atoms with van der Waals surface area (Å²) >= 11 is 0. The molecule has 3 nitrogen and oxygen atoms in total. The number of aliphatic imine (C=N–C) groups is 1. The molecular formula is C20H31N3S. The summed E-state index contributed by atoms with van der Waals surface area (Å²) in [4.78, 5) is 6.89. The van der Waals surface area contributed by atoms with Crippen LogP contribution in [0.5, 0.6) is 0 Å². The second-order valence-corrected chi connectivity index (χ2v) is 9.51. The summed E-state index contributed by atoms with van der Waals surface area (Å²) in [5, 5.41) is 0. The lowest BCUT2D eigenvalue weighted by Crippen LogP contribution is -2.57. The third-order valence-corrected chi connectivity index (χ3v) is 6.67. The van der Waals surface area contributed by atoms with Crippen LogP contribution in [0.3, 0.4) is 0 Å². The van der Waals surface area contributed by atoms with Crippen LogP contribution in [0.2, 0.25) is 0 Å². The number of hydrogen-bond donors (Lipinski definition) is 0. The van der Waals surface area contributed by atoms with E-state index in [0.717, 1.165) is 25.6 Å². The molecule has 24 heavy (non-hydrogen) atoms. The van der Waals surface area contributed by atoms with Crippen molar-refractivity contribution in [2.24, 2.45) is 4.99 Å². The van der Waals surface area contributed by atoms with Crippen LogP contribution >= 0.6 is 10.7 Å². The molecule has 1 aromatic rings. The predicted molar refractivity (Wildman–Crippen MR) is 110 cm³/mol. The zero-order valence-corrected chi connectivity index (χ0v) is 16.6. The summed E-state index contributed by atoms with van der Waals surface area (Å²) in [5.74, 6) is 5.06. The second kappa shape index (κ2) is 6.64. The van der Waals surface area contributed by atoms with Gasteiger partial charge < -0.3 is 4.90 Å². The van der Waals surface area contributed by atoms with E-state index in [1.54, 1.807) is 0 Å². The Balaban J connectivity index is 1.97. The molecule has 1 heterocycles. The van der Waals surface area contributed by atoms with E-state index in [1.165, 1.54) is 35.2 Å². The molecule has 0 amide bonds. The van der Waals surface area contributed by atoms with Gasteiger partial charge in [-0.25, -0.2) is 4.31 Å². The number of rotatable bonds is 4. The number of aryl methyl sites for hydroxylation is 1. The largest absolute Gasteiger partial charge is 0.368 e. The maximum absolute atomic E-state index is 4.32. The lowest BCUT2D eigenvalue weighted by molar-refractivity contribution is 0.224. The van der Waals surface area contributed by atoms with Gasteiger partial charge in [0.15, 0.2) is 0 Å². The van der Waals surface area contributed by atoms with Crippen molar-refractivity contribution >= 4 is 28.4 Å². The van der Waals surface area contributed by atoms with Crippen molar-refractivity contribution in [2.75, 3.05) is 37.8 Å². The summed E-state index contributed by atoms with van der Waals surface area (Å²) < 4.78 is 2.55. The van der Waals surface area contributed by atoms with E-state index in [1.807, 2.05) is 13.3 Å². The Bertz CT molecular complexity index is 674. The molecule has 1 unspecified atom stereocenters. The molecule has 0 aromatic heterocycles. The molecule has 1 atom stereocenters. The predicted octanol–water partition coefficient (Wildman–Crippen LogP) is 4.07. The molecule has 2 aliphatic rings. The van der Waals surface area contributed by atoms with Gasteiger partial charge in [-0.15, -0.1) is 10.7 Å². The maximum atomic E-state index is 4.32. The van der Waals surface area contributed by atoms with E-state index in [4.69, 9.17) is 0 Å². The molecule has 4 heteroatoms. The fraction of sp³-hybridized carbons (Fsp3) is 0.600. The first-order chi connectivity index (χ1) is 11.3. The number of piperazine rings is 1. The Morgan fingerprint density at radius 2 is 2.00 bits per heavy atom. The molecule has 132 valence electrons. The van der Waals surface area contributed by atoms with Gasteiger partial charge in [0.05, 0.1) is 0 Å². The highest BCUT2D eigenvalue weighted by Gasteiger charge is 2.35. The number of anilines is 1. The summed E-state index contributed by atoms with van der Waals surface area (Å²) in [5.41, 5.74) is 5.67. The molecule has 3 rings (SSSR count). The van der Waals surface area contributed by atoms with E-state index >= 15 is 0 Å². The average molecular weight is 346 g/mol. The molecule has 0 spiro atoms. The van der Waals surface area contributed by atoms with Crippen molar-refractivity contribution in [3.63, 3.8) is 0 Å². The average Bonchev–Trinajstić information content (AvgIpc) is 3.32. The summed E-state index contributed by atoms with van der Waals surface area (Å²) in [6, 6.07) is 4.81. The fourth-order valence-electron chi connectivity index (χ4n) is 3.94. The van der Waals surface area contributed by atoms with Gasteiger partial charge in [-0.1, -0.05) is 11.9 Å². The highest BCUT2D eigenvalue weighted by molar-refractivity contribution is 8.11. The molecule has 0 N–H and O–H groups in total. The third kappa shape index (κ3) is 3.45. The van der Waals surface area contributed by atoms with E-state index in [9.17, 15) is 0 Å². The van der Waals surface area contributed by atoms with E-state index in [0.29, 0.717) is 0 Å².